The number of aryl methyl sites for hydroxylation is 1. The van der Waals surface area contributed by atoms with Crippen molar-refractivity contribution in [1.82, 2.24) is 9.55 Å². The lowest BCUT2D eigenvalue weighted by Crippen LogP contribution is -2.33. The predicted molar refractivity (Wildman–Crippen MR) is 103 cm³/mol. The van der Waals surface area contributed by atoms with E-state index in [9.17, 15) is 18.4 Å². The van der Waals surface area contributed by atoms with Crippen molar-refractivity contribution >= 4 is 16.0 Å². The van der Waals surface area contributed by atoms with Crippen molar-refractivity contribution in [1.29, 1.82) is 0 Å². The zero-order valence-electron chi connectivity index (χ0n) is 15.9. The molecule has 0 atom stereocenters. The highest BCUT2D eigenvalue weighted by atomic mass is 32.2. The van der Waals surface area contributed by atoms with Gasteiger partial charge in [-0.3, -0.25) is 0 Å². The average molecular weight is 416 g/mol. The van der Waals surface area contributed by atoms with Crippen LogP contribution in [-0.4, -0.2) is 23.9 Å². The van der Waals surface area contributed by atoms with Crippen LogP contribution < -0.4 is 9.87 Å². The van der Waals surface area contributed by atoms with Gasteiger partial charge in [-0.1, -0.05) is 12.1 Å². The molecule has 0 amide bonds. The maximum atomic E-state index is 12.5. The molecule has 0 aliphatic heterocycles. The van der Waals surface area contributed by atoms with Gasteiger partial charge in [0.05, 0.1) is 16.7 Å². The van der Waals surface area contributed by atoms with Crippen molar-refractivity contribution in [3.63, 3.8) is 0 Å². The Kier molecular flexibility index (Phi) is 5.66. The maximum absolute atomic E-state index is 12.5. The molecule has 0 radical (unpaired) electrons. The number of esters is 1. The number of nitrogens with zero attached hydrogens (tertiary/aromatic N) is 3. The summed E-state index contributed by atoms with van der Waals surface area (Å²) < 4.78 is 30.4. The van der Waals surface area contributed by atoms with Crippen molar-refractivity contribution in [2.24, 2.45) is 5.14 Å². The second-order valence-electron chi connectivity index (χ2n) is 6.50. The zero-order chi connectivity index (χ0) is 21.2. The van der Waals surface area contributed by atoms with E-state index in [-0.39, 0.29) is 17.3 Å². The van der Waals surface area contributed by atoms with E-state index in [1.165, 1.54) is 30.6 Å². The van der Waals surface area contributed by atoms with E-state index >= 15 is 0 Å². The Morgan fingerprint density at radius 3 is 2.59 bits per heavy atom. The van der Waals surface area contributed by atoms with Crippen molar-refractivity contribution in [2.75, 3.05) is 0 Å². The van der Waals surface area contributed by atoms with Gasteiger partial charge < -0.3 is 14.5 Å². The van der Waals surface area contributed by atoms with Crippen LogP contribution in [0.1, 0.15) is 33.1 Å². The van der Waals surface area contributed by atoms with E-state index in [1.807, 2.05) is 11.5 Å². The van der Waals surface area contributed by atoms with Crippen molar-refractivity contribution in [2.45, 2.75) is 31.9 Å². The van der Waals surface area contributed by atoms with Crippen molar-refractivity contribution in [3.05, 3.63) is 82.3 Å². The number of carbonyl (C=O) groups excluding carboxylic acids is 1. The molecule has 0 aliphatic carbocycles. The number of carbonyl (C=O) groups is 1. The largest absolute Gasteiger partial charge is 0.711 e. The Balaban J connectivity index is 1.76. The molecule has 0 saturated heterocycles. The summed E-state index contributed by atoms with van der Waals surface area (Å²) in [5.74, 6) is -0.468. The summed E-state index contributed by atoms with van der Waals surface area (Å²) in [6.45, 7) is 3.85. The number of hydrogen-bond acceptors (Lipinski definition) is 6. The summed E-state index contributed by atoms with van der Waals surface area (Å²) in [7, 11) is -3.75. The first kappa shape index (κ1) is 20.5. The third-order valence-corrected chi connectivity index (χ3v) is 5.43. The quantitative estimate of drug-likeness (QED) is 0.365. The van der Waals surface area contributed by atoms with Gasteiger partial charge >= 0.3 is 11.8 Å². The summed E-state index contributed by atoms with van der Waals surface area (Å²) in [5.41, 5.74) is 2.76. The molecule has 1 aromatic carbocycles. The van der Waals surface area contributed by atoms with E-state index in [2.05, 4.69) is 4.98 Å². The van der Waals surface area contributed by atoms with E-state index in [0.717, 1.165) is 11.3 Å². The SMILES string of the molecule is Cc1cc(C(=O)OCc2nccc[n+]2[O-])c(C)n1Cc1ccc(S(N)(=O)=O)cc1. The second kappa shape index (κ2) is 8.02. The van der Waals surface area contributed by atoms with Gasteiger partial charge in [-0.05, 0) is 42.6 Å². The van der Waals surface area contributed by atoms with Gasteiger partial charge in [0, 0.05) is 24.0 Å². The number of ether oxygens (including phenoxy) is 1. The van der Waals surface area contributed by atoms with E-state index in [0.29, 0.717) is 22.5 Å². The first-order chi connectivity index (χ1) is 13.7. The van der Waals surface area contributed by atoms with Crippen LogP contribution >= 0.6 is 0 Å². The Labute approximate surface area is 168 Å². The fourth-order valence-corrected chi connectivity index (χ4v) is 3.43. The van der Waals surface area contributed by atoms with E-state index < -0.39 is 16.0 Å². The fourth-order valence-electron chi connectivity index (χ4n) is 2.92. The zero-order valence-corrected chi connectivity index (χ0v) is 16.7. The van der Waals surface area contributed by atoms with Crippen LogP contribution in [0.3, 0.4) is 0 Å². The van der Waals surface area contributed by atoms with E-state index in [4.69, 9.17) is 9.88 Å². The fraction of sp³-hybridized carbons (Fsp3) is 0.211. The lowest BCUT2D eigenvalue weighted by molar-refractivity contribution is -0.620. The molecule has 0 aliphatic rings. The molecule has 9 nitrogen and oxygen atoms in total. The molecule has 0 fully saturated rings. The third kappa shape index (κ3) is 4.61. The summed E-state index contributed by atoms with van der Waals surface area (Å²) in [4.78, 5) is 16.4. The molecule has 2 N–H and O–H groups in total. The third-order valence-electron chi connectivity index (χ3n) is 4.50. The summed E-state index contributed by atoms with van der Waals surface area (Å²) >= 11 is 0. The van der Waals surface area contributed by atoms with Gasteiger partial charge in [-0.15, -0.1) is 0 Å². The molecule has 2 aromatic heterocycles. The highest BCUT2D eigenvalue weighted by Crippen LogP contribution is 2.19. The van der Waals surface area contributed by atoms with Crippen molar-refractivity contribution < 1.29 is 22.7 Å². The van der Waals surface area contributed by atoms with Gasteiger partial charge in [0.15, 0.2) is 6.61 Å². The lowest BCUT2D eigenvalue weighted by atomic mass is 10.2. The number of nitrogens with two attached hydrogens (primary N) is 1. The standard InChI is InChI=1S/C19H20N4O5S/c1-13-10-17(19(24)28-12-18-21-8-3-9-23(18)25)14(2)22(13)11-15-4-6-16(7-5-15)29(20,26)27/h3-10H,11-12H2,1-2H3,(H2,20,26,27). The number of benzene rings is 1. The van der Waals surface area contributed by atoms with Crippen molar-refractivity contribution in [3.8, 4) is 0 Å². The van der Waals surface area contributed by atoms with Crippen LogP contribution in [0, 0.1) is 19.1 Å². The molecule has 0 spiro atoms. The first-order valence-corrected chi connectivity index (χ1v) is 10.2. The molecule has 29 heavy (non-hydrogen) atoms. The minimum atomic E-state index is -3.75. The Bertz CT molecular complexity index is 1150. The second-order valence-corrected chi connectivity index (χ2v) is 8.06. The Morgan fingerprint density at radius 2 is 1.97 bits per heavy atom. The summed E-state index contributed by atoms with van der Waals surface area (Å²) in [5, 5.41) is 16.7. The van der Waals surface area contributed by atoms with Gasteiger partial charge in [-0.25, -0.2) is 23.1 Å². The molecule has 152 valence electrons. The Morgan fingerprint density at radius 1 is 1.28 bits per heavy atom. The highest BCUT2D eigenvalue weighted by molar-refractivity contribution is 7.89. The lowest BCUT2D eigenvalue weighted by Gasteiger charge is -2.11. The van der Waals surface area contributed by atoms with Crippen LogP contribution in [0.5, 0.6) is 0 Å². The number of sulfonamides is 1. The average Bonchev–Trinajstić information content (AvgIpc) is 2.95. The topological polar surface area (TPSA) is 131 Å². The smallest absolute Gasteiger partial charge is 0.340 e. The highest BCUT2D eigenvalue weighted by Gasteiger charge is 2.19. The number of rotatable bonds is 6. The normalized spacial score (nSPS) is 11.4. The number of primary sulfonamides is 1. The minimum absolute atomic E-state index is 0.0385. The van der Waals surface area contributed by atoms with Crippen LogP contribution in [0.4, 0.5) is 0 Å². The van der Waals surface area contributed by atoms with Crippen LogP contribution in [0.2, 0.25) is 0 Å². The molecule has 0 bridgehead atoms. The number of hydrogen-bond donors (Lipinski definition) is 1. The monoisotopic (exact) mass is 416 g/mol. The molecular weight excluding hydrogens is 396 g/mol. The minimum Gasteiger partial charge on any atom is -0.711 e. The predicted octanol–water partition coefficient (Wildman–Crippen LogP) is 1.19. The summed E-state index contributed by atoms with van der Waals surface area (Å²) in [6, 6.07) is 9.43. The molecule has 2 heterocycles. The molecule has 3 rings (SSSR count). The molecule has 3 aromatic rings. The first-order valence-electron chi connectivity index (χ1n) is 8.65. The Hall–Kier alpha value is -3.24. The molecule has 0 unspecified atom stereocenters. The summed E-state index contributed by atoms with van der Waals surface area (Å²) in [6.07, 6.45) is 2.73. The molecule has 0 saturated carbocycles. The van der Waals surface area contributed by atoms with Crippen LogP contribution in [0.15, 0.2) is 53.7 Å². The van der Waals surface area contributed by atoms with E-state index in [1.54, 1.807) is 25.1 Å². The van der Waals surface area contributed by atoms with Gasteiger partial charge in [-0.2, -0.15) is 0 Å². The number of aromatic nitrogens is 3. The van der Waals surface area contributed by atoms with Crippen LogP contribution in [-0.2, 0) is 27.9 Å². The molecule has 10 heteroatoms. The maximum Gasteiger partial charge on any atom is 0.340 e. The van der Waals surface area contributed by atoms with Gasteiger partial charge in [0.2, 0.25) is 10.0 Å². The van der Waals surface area contributed by atoms with Gasteiger partial charge in [0.1, 0.15) is 6.20 Å². The van der Waals surface area contributed by atoms with Gasteiger partial charge in [0.25, 0.3) is 0 Å². The molecular formula is C19H20N4O5S. The van der Waals surface area contributed by atoms with Crippen LogP contribution in [0.25, 0.3) is 0 Å².